The lowest BCUT2D eigenvalue weighted by Gasteiger charge is -2.28. The van der Waals surface area contributed by atoms with Gasteiger partial charge in [-0.2, -0.15) is 5.10 Å². The molecular formula is C24H23N5O3. The molecule has 0 bridgehead atoms. The van der Waals surface area contributed by atoms with Crippen LogP contribution in [0.1, 0.15) is 44.9 Å². The van der Waals surface area contributed by atoms with E-state index in [0.717, 1.165) is 29.9 Å². The number of carbonyl (C=O) groups excluding carboxylic acids is 3. The van der Waals surface area contributed by atoms with Crippen molar-refractivity contribution in [3.05, 3.63) is 71.0 Å². The van der Waals surface area contributed by atoms with E-state index in [1.807, 2.05) is 55.5 Å². The number of carbonyl (C=O) groups is 3. The van der Waals surface area contributed by atoms with Gasteiger partial charge in [-0.15, -0.1) is 0 Å². The summed E-state index contributed by atoms with van der Waals surface area (Å²) in [6, 6.07) is 15.0. The highest BCUT2D eigenvalue weighted by atomic mass is 16.2. The smallest absolute Gasteiger partial charge is 0.277 e. The first kappa shape index (κ1) is 20.0. The van der Waals surface area contributed by atoms with Crippen LogP contribution >= 0.6 is 0 Å². The number of aryl methyl sites for hydroxylation is 1. The van der Waals surface area contributed by atoms with E-state index < -0.39 is 5.91 Å². The Morgan fingerprint density at radius 1 is 0.938 bits per heavy atom. The Morgan fingerprint density at radius 3 is 2.28 bits per heavy atom. The summed E-state index contributed by atoms with van der Waals surface area (Å²) in [5.74, 6) is -0.760. The van der Waals surface area contributed by atoms with Crippen LogP contribution in [-0.2, 0) is 11.2 Å². The molecule has 8 nitrogen and oxygen atoms in total. The van der Waals surface area contributed by atoms with Gasteiger partial charge in [-0.05, 0) is 61.7 Å². The number of nitrogens with zero attached hydrogens (tertiary/aromatic N) is 4. The van der Waals surface area contributed by atoms with Crippen LogP contribution in [-0.4, -0.2) is 40.6 Å². The van der Waals surface area contributed by atoms with E-state index in [0.29, 0.717) is 36.3 Å². The molecule has 162 valence electrons. The van der Waals surface area contributed by atoms with E-state index in [1.165, 1.54) is 4.68 Å². The maximum Gasteiger partial charge on any atom is 0.277 e. The normalized spacial score (nSPS) is 15.9. The number of fused-ring (bicyclic) bond motifs is 1. The number of aromatic nitrogens is 2. The molecule has 1 saturated heterocycles. The number of rotatable bonds is 4. The topological polar surface area (TPSA) is 102 Å². The van der Waals surface area contributed by atoms with Crippen molar-refractivity contribution in [2.45, 2.75) is 26.2 Å². The first-order valence-electron chi connectivity index (χ1n) is 10.6. The Bertz CT molecular complexity index is 1250. The molecule has 2 aliphatic rings. The lowest BCUT2D eigenvalue weighted by Crippen LogP contribution is -2.39. The van der Waals surface area contributed by atoms with E-state index in [-0.39, 0.29) is 17.5 Å². The fraction of sp³-hybridized carbons (Fsp3) is 0.250. The van der Waals surface area contributed by atoms with Crippen molar-refractivity contribution in [2.75, 3.05) is 22.9 Å². The quantitative estimate of drug-likeness (QED) is 0.689. The van der Waals surface area contributed by atoms with Gasteiger partial charge in [0.1, 0.15) is 5.69 Å². The summed E-state index contributed by atoms with van der Waals surface area (Å²) in [4.78, 5) is 41.1. The molecule has 0 spiro atoms. The Balaban J connectivity index is 1.53. The Kier molecular flexibility index (Phi) is 4.77. The number of primary amides is 1. The average molecular weight is 429 g/mol. The second-order valence-electron chi connectivity index (χ2n) is 8.16. The predicted octanol–water partition coefficient (Wildman–Crippen LogP) is 2.61. The number of nitrogens with two attached hydrogens (primary N) is 1. The highest BCUT2D eigenvalue weighted by Gasteiger charge is 2.34. The molecule has 0 saturated carbocycles. The van der Waals surface area contributed by atoms with Crippen LogP contribution in [0, 0.1) is 6.92 Å². The zero-order valence-electron chi connectivity index (χ0n) is 17.7. The van der Waals surface area contributed by atoms with Crippen molar-refractivity contribution in [2.24, 2.45) is 5.73 Å². The van der Waals surface area contributed by atoms with E-state index in [1.54, 1.807) is 9.80 Å². The molecule has 3 heterocycles. The van der Waals surface area contributed by atoms with Crippen molar-refractivity contribution in [1.29, 1.82) is 0 Å². The standard InChI is InChI=1S/C24H23N5O3/c1-15-4-2-5-18(14-15)29-22-19(21(26-29)23(25)31)11-13-28(24(22)32)17-9-7-16(8-10-17)27-12-3-6-20(27)30/h2,4-5,7-10,14H,3,6,11-13H2,1H3,(H2,25,31). The fourth-order valence-electron chi connectivity index (χ4n) is 4.48. The van der Waals surface area contributed by atoms with Gasteiger partial charge in [0.15, 0.2) is 5.69 Å². The number of amides is 3. The first-order valence-corrected chi connectivity index (χ1v) is 10.6. The maximum absolute atomic E-state index is 13.6. The molecule has 0 atom stereocenters. The largest absolute Gasteiger partial charge is 0.364 e. The van der Waals surface area contributed by atoms with Crippen LogP contribution in [0.25, 0.3) is 5.69 Å². The minimum atomic E-state index is -0.645. The zero-order valence-corrected chi connectivity index (χ0v) is 17.7. The molecule has 3 aromatic rings. The third-order valence-electron chi connectivity index (χ3n) is 6.04. The summed E-state index contributed by atoms with van der Waals surface area (Å²) >= 11 is 0. The van der Waals surface area contributed by atoms with Gasteiger partial charge in [-0.25, -0.2) is 4.68 Å². The van der Waals surface area contributed by atoms with Gasteiger partial charge in [0, 0.05) is 36.4 Å². The number of hydrogen-bond acceptors (Lipinski definition) is 4. The molecule has 5 rings (SSSR count). The van der Waals surface area contributed by atoms with E-state index in [4.69, 9.17) is 5.73 Å². The van der Waals surface area contributed by atoms with Crippen LogP contribution in [0.5, 0.6) is 0 Å². The maximum atomic E-state index is 13.6. The molecule has 2 aliphatic heterocycles. The number of benzene rings is 2. The minimum absolute atomic E-state index is 0.123. The lowest BCUT2D eigenvalue weighted by molar-refractivity contribution is -0.117. The zero-order chi connectivity index (χ0) is 22.4. The molecule has 0 radical (unpaired) electrons. The molecule has 3 amide bonds. The van der Waals surface area contributed by atoms with Crippen molar-refractivity contribution in [3.8, 4) is 5.69 Å². The SMILES string of the molecule is Cc1cccc(-n2nc(C(N)=O)c3c2C(=O)N(c2ccc(N4CCCC4=O)cc2)CC3)c1. The lowest BCUT2D eigenvalue weighted by atomic mass is 10.0. The second kappa shape index (κ2) is 7.64. The fourth-order valence-corrected chi connectivity index (χ4v) is 4.48. The van der Waals surface area contributed by atoms with Gasteiger partial charge in [0.25, 0.3) is 11.8 Å². The van der Waals surface area contributed by atoms with Gasteiger partial charge in [0.05, 0.1) is 5.69 Å². The summed E-state index contributed by atoms with van der Waals surface area (Å²) in [5.41, 5.74) is 9.92. The van der Waals surface area contributed by atoms with Gasteiger partial charge < -0.3 is 15.5 Å². The van der Waals surface area contributed by atoms with Crippen LogP contribution in [0.3, 0.4) is 0 Å². The van der Waals surface area contributed by atoms with Gasteiger partial charge >= 0.3 is 0 Å². The minimum Gasteiger partial charge on any atom is -0.364 e. The summed E-state index contributed by atoms with van der Waals surface area (Å²) < 4.78 is 1.52. The van der Waals surface area contributed by atoms with E-state index >= 15 is 0 Å². The monoisotopic (exact) mass is 429 g/mol. The molecule has 0 unspecified atom stereocenters. The highest BCUT2D eigenvalue weighted by Crippen LogP contribution is 2.30. The third kappa shape index (κ3) is 3.24. The molecular weight excluding hydrogens is 406 g/mol. The third-order valence-corrected chi connectivity index (χ3v) is 6.04. The van der Waals surface area contributed by atoms with Crippen molar-refractivity contribution in [3.63, 3.8) is 0 Å². The summed E-state index contributed by atoms with van der Waals surface area (Å²) in [5, 5.41) is 4.41. The van der Waals surface area contributed by atoms with E-state index in [9.17, 15) is 14.4 Å². The van der Waals surface area contributed by atoms with Crippen LogP contribution in [0.2, 0.25) is 0 Å². The molecule has 32 heavy (non-hydrogen) atoms. The van der Waals surface area contributed by atoms with Crippen LogP contribution < -0.4 is 15.5 Å². The number of anilines is 2. The first-order chi connectivity index (χ1) is 15.4. The van der Waals surface area contributed by atoms with Gasteiger partial charge in [0.2, 0.25) is 5.91 Å². The molecule has 8 heteroatoms. The average Bonchev–Trinajstić information content (AvgIpc) is 3.38. The Hall–Kier alpha value is -3.94. The van der Waals surface area contributed by atoms with Crippen molar-refractivity contribution >= 4 is 29.1 Å². The molecule has 2 N–H and O–H groups in total. The van der Waals surface area contributed by atoms with Gasteiger partial charge in [-0.3, -0.25) is 14.4 Å². The van der Waals surface area contributed by atoms with Crippen molar-refractivity contribution < 1.29 is 14.4 Å². The molecule has 0 aliphatic carbocycles. The molecule has 1 aromatic heterocycles. The highest BCUT2D eigenvalue weighted by molar-refractivity contribution is 6.09. The molecule has 2 aromatic carbocycles. The summed E-state index contributed by atoms with van der Waals surface area (Å²) in [7, 11) is 0. The Labute approximate surface area is 185 Å². The van der Waals surface area contributed by atoms with Gasteiger partial charge in [-0.1, -0.05) is 12.1 Å². The summed E-state index contributed by atoms with van der Waals surface area (Å²) in [6.07, 6.45) is 1.90. The molecule has 1 fully saturated rings. The number of hydrogen-bond donors (Lipinski definition) is 1. The predicted molar refractivity (Wildman–Crippen MR) is 120 cm³/mol. The van der Waals surface area contributed by atoms with Crippen LogP contribution in [0.4, 0.5) is 11.4 Å². The Morgan fingerprint density at radius 2 is 1.66 bits per heavy atom. The van der Waals surface area contributed by atoms with Crippen molar-refractivity contribution in [1.82, 2.24) is 9.78 Å². The van der Waals surface area contributed by atoms with E-state index in [2.05, 4.69) is 5.10 Å². The second-order valence-corrected chi connectivity index (χ2v) is 8.16. The van der Waals surface area contributed by atoms with Crippen LogP contribution in [0.15, 0.2) is 48.5 Å². The summed E-state index contributed by atoms with van der Waals surface area (Å²) in [6.45, 7) is 3.08.